The van der Waals surface area contributed by atoms with E-state index < -0.39 is 0 Å². The molecule has 0 radical (unpaired) electrons. The second kappa shape index (κ2) is 6.26. The molecule has 0 aliphatic heterocycles. The fourth-order valence-corrected chi connectivity index (χ4v) is 2.69. The molecule has 0 fully saturated rings. The van der Waals surface area contributed by atoms with Crippen molar-refractivity contribution in [3.8, 4) is 0 Å². The van der Waals surface area contributed by atoms with Crippen LogP contribution >= 0.6 is 11.3 Å². The summed E-state index contributed by atoms with van der Waals surface area (Å²) in [4.78, 5) is 0. The van der Waals surface area contributed by atoms with Crippen molar-refractivity contribution in [2.75, 3.05) is 0 Å². The highest BCUT2D eigenvalue weighted by molar-refractivity contribution is 7.11. The standard InChI is InChI=1S/C15H21N3S/c1-10(2)16-9-15-18-17-14(19-15)8-13-7-11(3)5-6-12(13)4/h5-7,10,16H,8-9H2,1-4H3. The van der Waals surface area contributed by atoms with E-state index in [1.807, 2.05) is 0 Å². The van der Waals surface area contributed by atoms with Crippen molar-refractivity contribution < 1.29 is 0 Å². The molecule has 0 unspecified atom stereocenters. The SMILES string of the molecule is Cc1ccc(C)c(Cc2nnc(CNC(C)C)s2)c1. The van der Waals surface area contributed by atoms with Crippen molar-refractivity contribution in [1.82, 2.24) is 15.5 Å². The van der Waals surface area contributed by atoms with Gasteiger partial charge in [-0.05, 0) is 25.0 Å². The summed E-state index contributed by atoms with van der Waals surface area (Å²) < 4.78 is 0. The van der Waals surface area contributed by atoms with Crippen LogP contribution in [0, 0.1) is 13.8 Å². The summed E-state index contributed by atoms with van der Waals surface area (Å²) in [6.45, 7) is 9.36. The lowest BCUT2D eigenvalue weighted by Gasteiger charge is -2.05. The van der Waals surface area contributed by atoms with E-state index >= 15 is 0 Å². The minimum absolute atomic E-state index is 0.478. The molecule has 0 bridgehead atoms. The lowest BCUT2D eigenvalue weighted by Crippen LogP contribution is -2.21. The Kier molecular flexibility index (Phi) is 4.66. The molecular weight excluding hydrogens is 254 g/mol. The quantitative estimate of drug-likeness (QED) is 0.910. The van der Waals surface area contributed by atoms with E-state index in [-0.39, 0.29) is 0 Å². The lowest BCUT2D eigenvalue weighted by molar-refractivity contribution is 0.584. The summed E-state index contributed by atoms with van der Waals surface area (Å²) >= 11 is 1.70. The highest BCUT2D eigenvalue weighted by Crippen LogP contribution is 2.18. The average Bonchev–Trinajstić information content (AvgIpc) is 2.79. The van der Waals surface area contributed by atoms with Gasteiger partial charge in [0.15, 0.2) is 0 Å². The molecule has 2 aromatic rings. The summed E-state index contributed by atoms with van der Waals surface area (Å²) in [5.74, 6) is 0. The van der Waals surface area contributed by atoms with Gasteiger partial charge < -0.3 is 5.32 Å². The van der Waals surface area contributed by atoms with Crippen molar-refractivity contribution in [1.29, 1.82) is 0 Å². The Bertz CT molecular complexity index is 546. The molecule has 0 aliphatic carbocycles. The van der Waals surface area contributed by atoms with Gasteiger partial charge in [-0.2, -0.15) is 0 Å². The van der Waals surface area contributed by atoms with Gasteiger partial charge in [-0.3, -0.25) is 0 Å². The van der Waals surface area contributed by atoms with Crippen LogP contribution in [-0.4, -0.2) is 16.2 Å². The Balaban J connectivity index is 2.05. The van der Waals surface area contributed by atoms with Gasteiger partial charge in [-0.25, -0.2) is 0 Å². The van der Waals surface area contributed by atoms with E-state index in [1.54, 1.807) is 11.3 Å². The molecule has 3 nitrogen and oxygen atoms in total. The molecule has 0 aliphatic rings. The zero-order chi connectivity index (χ0) is 13.8. The maximum Gasteiger partial charge on any atom is 0.131 e. The van der Waals surface area contributed by atoms with Crippen LogP contribution in [0.5, 0.6) is 0 Å². The molecule has 0 saturated carbocycles. The molecule has 0 saturated heterocycles. The normalized spacial score (nSPS) is 11.2. The summed E-state index contributed by atoms with van der Waals surface area (Å²) in [5.41, 5.74) is 3.97. The van der Waals surface area contributed by atoms with Gasteiger partial charge in [-0.1, -0.05) is 48.9 Å². The molecule has 0 spiro atoms. The molecule has 4 heteroatoms. The predicted molar refractivity (Wildman–Crippen MR) is 80.6 cm³/mol. The number of aromatic nitrogens is 2. The van der Waals surface area contributed by atoms with Crippen molar-refractivity contribution in [3.05, 3.63) is 44.9 Å². The average molecular weight is 275 g/mol. The van der Waals surface area contributed by atoms with Crippen molar-refractivity contribution >= 4 is 11.3 Å². The van der Waals surface area contributed by atoms with Crippen LogP contribution in [0.25, 0.3) is 0 Å². The van der Waals surface area contributed by atoms with Gasteiger partial charge in [0.05, 0.1) is 0 Å². The predicted octanol–water partition coefficient (Wildman–Crippen LogP) is 3.24. The number of rotatable bonds is 5. The van der Waals surface area contributed by atoms with Gasteiger partial charge in [0.1, 0.15) is 10.0 Å². The number of nitrogens with one attached hydrogen (secondary N) is 1. The number of nitrogens with zero attached hydrogens (tertiary/aromatic N) is 2. The Labute approximate surface area is 119 Å². The second-order valence-corrected chi connectivity index (χ2v) is 6.38. The first-order chi connectivity index (χ1) is 9.04. The molecular formula is C15H21N3S. The third-order valence-corrected chi connectivity index (χ3v) is 3.94. The molecule has 19 heavy (non-hydrogen) atoms. The first-order valence-corrected chi connectivity index (χ1v) is 7.47. The van der Waals surface area contributed by atoms with E-state index in [0.717, 1.165) is 23.0 Å². The minimum atomic E-state index is 0.478. The number of hydrogen-bond acceptors (Lipinski definition) is 4. The monoisotopic (exact) mass is 275 g/mol. The zero-order valence-electron chi connectivity index (χ0n) is 12.0. The molecule has 1 N–H and O–H groups in total. The van der Waals surface area contributed by atoms with E-state index in [9.17, 15) is 0 Å². The maximum atomic E-state index is 4.29. The largest absolute Gasteiger partial charge is 0.308 e. The summed E-state index contributed by atoms with van der Waals surface area (Å²) in [7, 11) is 0. The van der Waals surface area contributed by atoms with Crippen molar-refractivity contribution in [2.45, 2.75) is 46.7 Å². The Morgan fingerprint density at radius 3 is 2.63 bits per heavy atom. The highest BCUT2D eigenvalue weighted by atomic mass is 32.1. The van der Waals surface area contributed by atoms with Crippen LogP contribution in [0.1, 0.15) is 40.6 Å². The Morgan fingerprint density at radius 2 is 1.89 bits per heavy atom. The van der Waals surface area contributed by atoms with E-state index in [0.29, 0.717) is 6.04 Å². The molecule has 0 atom stereocenters. The fourth-order valence-electron chi connectivity index (χ4n) is 1.88. The molecule has 102 valence electrons. The van der Waals surface area contributed by atoms with E-state index in [4.69, 9.17) is 0 Å². The van der Waals surface area contributed by atoms with Gasteiger partial charge in [0.2, 0.25) is 0 Å². The highest BCUT2D eigenvalue weighted by Gasteiger charge is 2.07. The zero-order valence-corrected chi connectivity index (χ0v) is 12.8. The van der Waals surface area contributed by atoms with E-state index in [2.05, 4.69) is 61.4 Å². The van der Waals surface area contributed by atoms with Gasteiger partial charge >= 0.3 is 0 Å². The van der Waals surface area contributed by atoms with Crippen LogP contribution in [0.3, 0.4) is 0 Å². The lowest BCUT2D eigenvalue weighted by atomic mass is 10.0. The van der Waals surface area contributed by atoms with Gasteiger partial charge in [-0.15, -0.1) is 10.2 Å². The molecule has 1 aromatic carbocycles. The molecule has 1 aromatic heterocycles. The summed E-state index contributed by atoms with van der Waals surface area (Å²) in [5, 5.41) is 14.1. The minimum Gasteiger partial charge on any atom is -0.308 e. The van der Waals surface area contributed by atoms with Crippen molar-refractivity contribution in [3.63, 3.8) is 0 Å². The van der Waals surface area contributed by atoms with E-state index in [1.165, 1.54) is 16.7 Å². The summed E-state index contributed by atoms with van der Waals surface area (Å²) in [6, 6.07) is 7.04. The third kappa shape index (κ3) is 4.11. The first kappa shape index (κ1) is 14.2. The molecule has 1 heterocycles. The number of benzene rings is 1. The second-order valence-electron chi connectivity index (χ2n) is 5.23. The topological polar surface area (TPSA) is 37.8 Å². The Hall–Kier alpha value is -1.26. The fraction of sp³-hybridized carbons (Fsp3) is 0.467. The molecule has 2 rings (SSSR count). The molecule has 0 amide bonds. The van der Waals surface area contributed by atoms with Crippen LogP contribution in [0.15, 0.2) is 18.2 Å². The van der Waals surface area contributed by atoms with Crippen LogP contribution in [-0.2, 0) is 13.0 Å². The smallest absolute Gasteiger partial charge is 0.131 e. The number of hydrogen-bond donors (Lipinski definition) is 1. The summed E-state index contributed by atoms with van der Waals surface area (Å²) in [6.07, 6.45) is 0.882. The van der Waals surface area contributed by atoms with Crippen molar-refractivity contribution in [2.24, 2.45) is 0 Å². The Morgan fingerprint density at radius 1 is 1.16 bits per heavy atom. The first-order valence-electron chi connectivity index (χ1n) is 6.65. The van der Waals surface area contributed by atoms with Crippen LogP contribution in [0.2, 0.25) is 0 Å². The third-order valence-electron chi connectivity index (χ3n) is 3.02. The van der Waals surface area contributed by atoms with Gasteiger partial charge in [0, 0.05) is 19.0 Å². The number of aryl methyl sites for hydroxylation is 2. The van der Waals surface area contributed by atoms with Crippen LogP contribution < -0.4 is 5.32 Å². The van der Waals surface area contributed by atoms with Crippen LogP contribution in [0.4, 0.5) is 0 Å². The maximum absolute atomic E-state index is 4.29. The van der Waals surface area contributed by atoms with Gasteiger partial charge in [0.25, 0.3) is 0 Å².